The van der Waals surface area contributed by atoms with Gasteiger partial charge in [0.05, 0.1) is 0 Å². The molecule has 0 aromatic heterocycles. The minimum atomic E-state index is -0.456. The van der Waals surface area contributed by atoms with Crippen LogP contribution in [0.4, 0.5) is 0 Å². The maximum atomic E-state index is 2.95. The van der Waals surface area contributed by atoms with Crippen LogP contribution in [0.3, 0.4) is 0 Å². The van der Waals surface area contributed by atoms with E-state index in [0.29, 0.717) is 0 Å². The molecule has 6 aromatic carbocycles. The van der Waals surface area contributed by atoms with Gasteiger partial charge in [-0.15, -0.1) is 0 Å². The van der Waals surface area contributed by atoms with Gasteiger partial charge in [-0.1, -0.05) is 163 Å². The Labute approximate surface area is 406 Å². The van der Waals surface area contributed by atoms with Crippen LogP contribution in [0.5, 0.6) is 0 Å². The van der Waals surface area contributed by atoms with E-state index in [1.54, 1.807) is 21.2 Å². The molecule has 0 aliphatic carbocycles. The molecule has 6 aromatic rings. The summed E-state index contributed by atoms with van der Waals surface area (Å²) in [5.41, 5.74) is 20.4. The number of hydrogen-bond donors (Lipinski definition) is 0. The second kappa shape index (κ2) is 23.5. The highest BCUT2D eigenvalue weighted by atomic mass is 31.1. The molecular formula is C60H78N2P4. The first kappa shape index (κ1) is 50.8. The van der Waals surface area contributed by atoms with Crippen LogP contribution in [0, 0.1) is 83.1 Å². The lowest BCUT2D eigenvalue weighted by Crippen LogP contribution is -2.32. The van der Waals surface area contributed by atoms with Gasteiger partial charge in [0.2, 0.25) is 0 Å². The molecule has 0 radical (unpaired) electrons. The standard InChI is InChI=1S/C60H78N2P4/c1-43-29-47(5)57(48(6)30-43)63-25-19-26-64(58-49(7)31-44(2)32-50(58)8)41-62(38-56-23-17-14-18-24-56)42-66(60-53(11)35-46(4)36-54(60)12)28-20-27-65(59-51(9)33-45(3)34-52(59)10)40-61(39-63)37-55-21-15-13-16-22-55/h13-18,21-24,29-36H,19-20,25-28,37-42H2,1-12H3/t63-,64-,65-,66+/m0/s1. The zero-order valence-electron chi connectivity index (χ0n) is 42.6. The molecule has 0 saturated carbocycles. The highest BCUT2D eigenvalue weighted by molar-refractivity contribution is 7.68. The van der Waals surface area contributed by atoms with Crippen LogP contribution in [0.15, 0.2) is 109 Å². The first-order chi connectivity index (χ1) is 31.6. The van der Waals surface area contributed by atoms with Gasteiger partial charge < -0.3 is 0 Å². The Balaban J connectivity index is 1.38. The molecule has 66 heavy (non-hydrogen) atoms. The van der Waals surface area contributed by atoms with E-state index in [0.717, 1.165) is 38.2 Å². The fraction of sp³-hybridized carbons (Fsp3) is 0.400. The van der Waals surface area contributed by atoms with Crippen LogP contribution in [0.1, 0.15) is 90.7 Å². The minimum absolute atomic E-state index is 0.456. The highest BCUT2D eigenvalue weighted by Gasteiger charge is 2.29. The monoisotopic (exact) mass is 951 g/mol. The van der Waals surface area contributed by atoms with Crippen molar-refractivity contribution in [3.63, 3.8) is 0 Å². The molecule has 0 N–H and O–H groups in total. The summed E-state index contributed by atoms with van der Waals surface area (Å²) in [4.78, 5) is 5.90. The summed E-state index contributed by atoms with van der Waals surface area (Å²) in [7, 11) is -1.82. The van der Waals surface area contributed by atoms with Crippen LogP contribution in [-0.2, 0) is 13.1 Å². The molecule has 1 heterocycles. The summed E-state index contributed by atoms with van der Waals surface area (Å²) in [6.45, 7) is 30.4. The topological polar surface area (TPSA) is 6.48 Å². The van der Waals surface area contributed by atoms with Crippen molar-refractivity contribution in [2.75, 3.05) is 49.8 Å². The first-order valence-corrected chi connectivity index (χ1v) is 31.3. The van der Waals surface area contributed by atoms with Gasteiger partial charge in [0.25, 0.3) is 0 Å². The van der Waals surface area contributed by atoms with Crippen LogP contribution >= 0.6 is 31.7 Å². The van der Waals surface area contributed by atoms with Gasteiger partial charge in [-0.2, -0.15) is 0 Å². The Kier molecular flexibility index (Phi) is 18.1. The molecule has 348 valence electrons. The normalized spacial score (nSPS) is 19.8. The molecule has 1 fully saturated rings. The van der Waals surface area contributed by atoms with Gasteiger partial charge in [-0.3, -0.25) is 9.80 Å². The Morgan fingerprint density at radius 3 is 0.742 bits per heavy atom. The third-order valence-electron chi connectivity index (χ3n) is 13.5. The van der Waals surface area contributed by atoms with Crippen molar-refractivity contribution in [1.82, 2.24) is 9.80 Å². The predicted octanol–water partition coefficient (Wildman–Crippen LogP) is 14.5. The van der Waals surface area contributed by atoms with Gasteiger partial charge in [0, 0.05) is 38.2 Å². The maximum absolute atomic E-state index is 2.95. The quantitative estimate of drug-likeness (QED) is 0.140. The third kappa shape index (κ3) is 13.2. The van der Waals surface area contributed by atoms with E-state index >= 15 is 0 Å². The molecule has 6 heteroatoms. The average molecular weight is 951 g/mol. The second-order valence-electron chi connectivity index (χ2n) is 19.9. The van der Waals surface area contributed by atoms with E-state index in [2.05, 4.69) is 202 Å². The Morgan fingerprint density at radius 1 is 0.318 bits per heavy atom. The predicted molar refractivity (Wildman–Crippen MR) is 301 cm³/mol. The fourth-order valence-corrected chi connectivity index (χ4v) is 23.8. The Morgan fingerprint density at radius 2 is 0.530 bits per heavy atom. The minimum Gasteiger partial charge on any atom is -0.290 e. The van der Waals surface area contributed by atoms with Crippen molar-refractivity contribution in [3.8, 4) is 0 Å². The molecule has 0 amide bonds. The lowest BCUT2D eigenvalue weighted by Gasteiger charge is -2.36. The van der Waals surface area contributed by atoms with E-state index in [-0.39, 0.29) is 0 Å². The van der Waals surface area contributed by atoms with Crippen molar-refractivity contribution < 1.29 is 0 Å². The lowest BCUT2D eigenvalue weighted by molar-refractivity contribution is 0.363. The van der Waals surface area contributed by atoms with Gasteiger partial charge in [-0.25, -0.2) is 0 Å². The van der Waals surface area contributed by atoms with E-state index in [1.165, 1.54) is 115 Å². The average Bonchev–Trinajstić information content (AvgIpc) is 3.22. The molecular weight excluding hydrogens is 873 g/mol. The van der Waals surface area contributed by atoms with Gasteiger partial charge in [-0.05, 0) is 197 Å². The Bertz CT molecular complexity index is 2160. The van der Waals surface area contributed by atoms with E-state index in [4.69, 9.17) is 0 Å². The van der Waals surface area contributed by atoms with Gasteiger partial charge in [0.1, 0.15) is 0 Å². The van der Waals surface area contributed by atoms with Gasteiger partial charge >= 0.3 is 0 Å². The van der Waals surface area contributed by atoms with Crippen LogP contribution in [0.2, 0.25) is 0 Å². The maximum Gasteiger partial charge on any atom is 0.0241 e. The van der Waals surface area contributed by atoms with Crippen molar-refractivity contribution in [3.05, 3.63) is 187 Å². The fourth-order valence-electron chi connectivity index (χ4n) is 11.5. The second-order valence-corrected chi connectivity index (χ2v) is 29.0. The summed E-state index contributed by atoms with van der Waals surface area (Å²) >= 11 is 0. The smallest absolute Gasteiger partial charge is 0.0241 e. The summed E-state index contributed by atoms with van der Waals surface area (Å²) in [6.07, 6.45) is 12.2. The van der Waals surface area contributed by atoms with Crippen molar-refractivity contribution >= 4 is 52.9 Å². The van der Waals surface area contributed by atoms with Crippen LogP contribution in [0.25, 0.3) is 0 Å². The van der Waals surface area contributed by atoms with E-state index < -0.39 is 31.7 Å². The number of benzene rings is 6. The summed E-state index contributed by atoms with van der Waals surface area (Å²) in [6, 6.07) is 42.6. The molecule has 2 nitrogen and oxygen atoms in total. The summed E-state index contributed by atoms with van der Waals surface area (Å²) < 4.78 is 0. The number of aryl methyl sites for hydroxylation is 12. The molecule has 0 unspecified atom stereocenters. The van der Waals surface area contributed by atoms with Crippen molar-refractivity contribution in [1.29, 1.82) is 0 Å². The molecule has 0 spiro atoms. The molecule has 1 aliphatic heterocycles. The van der Waals surface area contributed by atoms with Crippen molar-refractivity contribution in [2.24, 2.45) is 0 Å². The Hall–Kier alpha value is -3.04. The number of hydrogen-bond acceptors (Lipinski definition) is 2. The lowest BCUT2D eigenvalue weighted by atomic mass is 10.1. The SMILES string of the molecule is Cc1cc(C)c([P@]2CCC[P@](c3c(C)cc(C)cc3C)CN(Cc3ccccc3)C[P@@](c3c(C)cc(C)cc3C)CCC[P@](c3c(C)cc(C)cc3C)CN(Cc3ccccc3)C2)c(C)c1. The zero-order valence-corrected chi connectivity index (χ0v) is 46.1. The zero-order chi connectivity index (χ0) is 47.1. The molecule has 7 rings (SSSR count). The van der Waals surface area contributed by atoms with E-state index in [9.17, 15) is 0 Å². The number of nitrogens with zero attached hydrogens (tertiary/aromatic N) is 2. The molecule has 1 saturated heterocycles. The third-order valence-corrected chi connectivity index (χ3v) is 25.2. The molecule has 1 aliphatic rings. The molecule has 0 bridgehead atoms. The number of rotatable bonds is 8. The summed E-state index contributed by atoms with van der Waals surface area (Å²) in [5, 5.41) is 6.64. The summed E-state index contributed by atoms with van der Waals surface area (Å²) in [5.74, 6) is 0. The largest absolute Gasteiger partial charge is 0.290 e. The first-order valence-electron chi connectivity index (χ1n) is 24.5. The van der Waals surface area contributed by atoms with Crippen LogP contribution < -0.4 is 21.2 Å². The van der Waals surface area contributed by atoms with E-state index in [1.807, 2.05) is 0 Å². The van der Waals surface area contributed by atoms with Crippen LogP contribution in [-0.4, -0.2) is 59.6 Å². The van der Waals surface area contributed by atoms with Crippen molar-refractivity contribution in [2.45, 2.75) is 109 Å². The molecule has 4 atom stereocenters. The van der Waals surface area contributed by atoms with Gasteiger partial charge in [0.15, 0.2) is 0 Å². The highest BCUT2D eigenvalue weighted by Crippen LogP contribution is 2.49.